The lowest BCUT2D eigenvalue weighted by atomic mass is 9.90. The molecule has 1 aliphatic heterocycles. The summed E-state index contributed by atoms with van der Waals surface area (Å²) in [7, 11) is 2.23. The predicted molar refractivity (Wildman–Crippen MR) is 68.6 cm³/mol. The van der Waals surface area contributed by atoms with Crippen LogP contribution in [0, 0.1) is 6.92 Å². The molecule has 0 spiro atoms. The van der Waals surface area contributed by atoms with E-state index >= 15 is 0 Å². The minimum absolute atomic E-state index is 0.129. The third-order valence-electron chi connectivity index (χ3n) is 3.83. The van der Waals surface area contributed by atoms with Crippen LogP contribution in [0.4, 0.5) is 0 Å². The molecule has 2 heteroatoms. The Morgan fingerprint density at radius 3 is 2.62 bits per heavy atom. The van der Waals surface area contributed by atoms with Gasteiger partial charge >= 0.3 is 0 Å². The van der Waals surface area contributed by atoms with Gasteiger partial charge in [0.2, 0.25) is 0 Å². The summed E-state index contributed by atoms with van der Waals surface area (Å²) in [5.74, 6) is 0. The Balaban J connectivity index is 2.31. The van der Waals surface area contributed by atoms with Crippen molar-refractivity contribution < 1.29 is 0 Å². The minimum Gasteiger partial charge on any atom is -0.315 e. The van der Waals surface area contributed by atoms with Gasteiger partial charge in [-0.15, -0.1) is 0 Å². The van der Waals surface area contributed by atoms with Crippen LogP contribution in [-0.4, -0.2) is 31.6 Å². The van der Waals surface area contributed by atoms with Crippen LogP contribution >= 0.6 is 0 Å². The fourth-order valence-corrected chi connectivity index (χ4v) is 2.39. The monoisotopic (exact) mass is 218 g/mol. The van der Waals surface area contributed by atoms with Gasteiger partial charge in [-0.25, -0.2) is 0 Å². The highest BCUT2D eigenvalue weighted by molar-refractivity contribution is 5.28. The third kappa shape index (κ3) is 2.13. The standard InChI is InChI=1S/C14H22N2/c1-12-5-7-13(8-6-12)14(2)11-15-9-4-10-16(14)3/h5-8,15H,4,9-11H2,1-3H3. The Morgan fingerprint density at radius 1 is 1.25 bits per heavy atom. The van der Waals surface area contributed by atoms with Crippen molar-refractivity contribution in [3.05, 3.63) is 35.4 Å². The first-order valence-corrected chi connectivity index (χ1v) is 6.12. The zero-order valence-corrected chi connectivity index (χ0v) is 10.6. The Hall–Kier alpha value is -0.860. The lowest BCUT2D eigenvalue weighted by Gasteiger charge is -2.38. The van der Waals surface area contributed by atoms with E-state index in [0.29, 0.717) is 0 Å². The van der Waals surface area contributed by atoms with Gasteiger partial charge in [-0.05, 0) is 46.0 Å². The molecular weight excluding hydrogens is 196 g/mol. The van der Waals surface area contributed by atoms with Crippen molar-refractivity contribution in [2.24, 2.45) is 0 Å². The molecule has 2 rings (SSSR count). The number of nitrogens with zero attached hydrogens (tertiary/aromatic N) is 1. The SMILES string of the molecule is Cc1ccc(C2(C)CNCCCN2C)cc1. The molecule has 0 aromatic heterocycles. The Morgan fingerprint density at radius 2 is 1.94 bits per heavy atom. The zero-order valence-electron chi connectivity index (χ0n) is 10.6. The van der Waals surface area contributed by atoms with Gasteiger partial charge in [0.15, 0.2) is 0 Å². The maximum atomic E-state index is 3.54. The van der Waals surface area contributed by atoms with Gasteiger partial charge in [0.05, 0.1) is 5.54 Å². The minimum atomic E-state index is 0.129. The van der Waals surface area contributed by atoms with Crippen molar-refractivity contribution in [1.82, 2.24) is 10.2 Å². The molecular formula is C14H22N2. The van der Waals surface area contributed by atoms with Crippen LogP contribution in [-0.2, 0) is 5.54 Å². The largest absolute Gasteiger partial charge is 0.315 e. The van der Waals surface area contributed by atoms with Gasteiger partial charge in [0.1, 0.15) is 0 Å². The molecule has 1 atom stereocenters. The molecule has 0 amide bonds. The molecule has 0 bridgehead atoms. The highest BCUT2D eigenvalue weighted by Gasteiger charge is 2.32. The summed E-state index contributed by atoms with van der Waals surface area (Å²) in [5.41, 5.74) is 2.87. The molecule has 16 heavy (non-hydrogen) atoms. The fraction of sp³-hybridized carbons (Fsp3) is 0.571. The first kappa shape index (κ1) is 11.6. The van der Waals surface area contributed by atoms with E-state index in [1.54, 1.807) is 0 Å². The number of benzene rings is 1. The molecule has 1 saturated heterocycles. The third-order valence-corrected chi connectivity index (χ3v) is 3.83. The molecule has 0 radical (unpaired) electrons. The van der Waals surface area contributed by atoms with Crippen molar-refractivity contribution >= 4 is 0 Å². The van der Waals surface area contributed by atoms with E-state index in [1.807, 2.05) is 0 Å². The quantitative estimate of drug-likeness (QED) is 0.777. The van der Waals surface area contributed by atoms with Crippen molar-refractivity contribution in [2.45, 2.75) is 25.8 Å². The summed E-state index contributed by atoms with van der Waals surface area (Å²) < 4.78 is 0. The Labute approximate surface area is 98.7 Å². The molecule has 1 heterocycles. The second-order valence-electron chi connectivity index (χ2n) is 5.09. The average Bonchev–Trinajstić information content (AvgIpc) is 2.44. The predicted octanol–water partition coefficient (Wildman–Crippen LogP) is 2.14. The number of hydrogen-bond acceptors (Lipinski definition) is 2. The van der Waals surface area contributed by atoms with Gasteiger partial charge in [0, 0.05) is 6.54 Å². The highest BCUT2D eigenvalue weighted by Crippen LogP contribution is 2.28. The van der Waals surface area contributed by atoms with E-state index in [9.17, 15) is 0 Å². The highest BCUT2D eigenvalue weighted by atomic mass is 15.2. The van der Waals surface area contributed by atoms with Crippen LogP contribution < -0.4 is 5.32 Å². The average molecular weight is 218 g/mol. The second-order valence-corrected chi connectivity index (χ2v) is 5.09. The van der Waals surface area contributed by atoms with E-state index in [4.69, 9.17) is 0 Å². The van der Waals surface area contributed by atoms with Gasteiger partial charge < -0.3 is 5.32 Å². The number of rotatable bonds is 1. The molecule has 0 aliphatic carbocycles. The van der Waals surface area contributed by atoms with E-state index in [1.165, 1.54) is 17.5 Å². The number of likely N-dealkylation sites (N-methyl/N-ethyl adjacent to an activating group) is 1. The van der Waals surface area contributed by atoms with Gasteiger partial charge in [-0.2, -0.15) is 0 Å². The lowest BCUT2D eigenvalue weighted by molar-refractivity contribution is 0.151. The van der Waals surface area contributed by atoms with Crippen molar-refractivity contribution in [1.29, 1.82) is 0 Å². The van der Waals surface area contributed by atoms with Gasteiger partial charge in [0.25, 0.3) is 0 Å². The lowest BCUT2D eigenvalue weighted by Crippen LogP contribution is -2.46. The maximum absolute atomic E-state index is 3.54. The van der Waals surface area contributed by atoms with E-state index in [0.717, 1.165) is 19.6 Å². The molecule has 1 aromatic carbocycles. The normalized spacial score (nSPS) is 27.7. The molecule has 1 N–H and O–H groups in total. The van der Waals surface area contributed by atoms with Gasteiger partial charge in [-0.3, -0.25) is 4.90 Å². The van der Waals surface area contributed by atoms with Crippen molar-refractivity contribution in [3.63, 3.8) is 0 Å². The first-order valence-electron chi connectivity index (χ1n) is 6.12. The number of nitrogens with one attached hydrogen (secondary N) is 1. The molecule has 2 nitrogen and oxygen atoms in total. The zero-order chi connectivity index (χ0) is 11.6. The fourth-order valence-electron chi connectivity index (χ4n) is 2.39. The number of aryl methyl sites for hydroxylation is 1. The van der Waals surface area contributed by atoms with Crippen molar-refractivity contribution in [2.75, 3.05) is 26.7 Å². The van der Waals surface area contributed by atoms with Crippen LogP contribution in [0.1, 0.15) is 24.5 Å². The molecule has 1 unspecified atom stereocenters. The van der Waals surface area contributed by atoms with Crippen LogP contribution in [0.25, 0.3) is 0 Å². The van der Waals surface area contributed by atoms with Gasteiger partial charge in [-0.1, -0.05) is 29.8 Å². The summed E-state index contributed by atoms with van der Waals surface area (Å²) >= 11 is 0. The van der Waals surface area contributed by atoms with E-state index < -0.39 is 0 Å². The van der Waals surface area contributed by atoms with Crippen LogP contribution in [0.3, 0.4) is 0 Å². The smallest absolute Gasteiger partial charge is 0.0554 e. The van der Waals surface area contributed by atoms with Crippen molar-refractivity contribution in [3.8, 4) is 0 Å². The molecule has 0 saturated carbocycles. The molecule has 1 aliphatic rings. The molecule has 1 aromatic rings. The first-order chi connectivity index (χ1) is 7.63. The molecule has 1 fully saturated rings. The van der Waals surface area contributed by atoms with E-state index in [2.05, 4.69) is 55.4 Å². The summed E-state index contributed by atoms with van der Waals surface area (Å²) in [6.45, 7) is 7.80. The van der Waals surface area contributed by atoms with Crippen LogP contribution in [0.5, 0.6) is 0 Å². The second kappa shape index (κ2) is 4.56. The van der Waals surface area contributed by atoms with Crippen LogP contribution in [0.2, 0.25) is 0 Å². The Bertz CT molecular complexity index is 344. The maximum Gasteiger partial charge on any atom is 0.0554 e. The van der Waals surface area contributed by atoms with E-state index in [-0.39, 0.29) is 5.54 Å². The molecule has 88 valence electrons. The van der Waals surface area contributed by atoms with Crippen LogP contribution in [0.15, 0.2) is 24.3 Å². The summed E-state index contributed by atoms with van der Waals surface area (Å²) in [6, 6.07) is 8.94. The Kier molecular flexibility index (Phi) is 3.31. The summed E-state index contributed by atoms with van der Waals surface area (Å²) in [5, 5.41) is 3.54. The summed E-state index contributed by atoms with van der Waals surface area (Å²) in [6.07, 6.45) is 1.23. The summed E-state index contributed by atoms with van der Waals surface area (Å²) in [4.78, 5) is 2.47. The number of hydrogen-bond donors (Lipinski definition) is 1. The topological polar surface area (TPSA) is 15.3 Å².